The molecule has 0 saturated heterocycles. The number of ketones is 1. The first kappa shape index (κ1) is 21.3. The van der Waals surface area contributed by atoms with Crippen molar-refractivity contribution in [2.45, 2.75) is 45.3 Å². The molecule has 4 nitrogen and oxygen atoms in total. The minimum absolute atomic E-state index is 0.0525. The van der Waals surface area contributed by atoms with Gasteiger partial charge in [-0.3, -0.25) is 4.79 Å². The van der Waals surface area contributed by atoms with E-state index in [1.807, 2.05) is 43.3 Å². The molecule has 0 aliphatic carbocycles. The number of rotatable bonds is 12. The zero-order valence-electron chi connectivity index (χ0n) is 16.4. The Bertz CT molecular complexity index is 687. The summed E-state index contributed by atoms with van der Waals surface area (Å²) in [6, 6.07) is 17.3. The maximum Gasteiger partial charge on any atom is 0.191 e. The van der Waals surface area contributed by atoms with Crippen molar-refractivity contribution in [3.8, 4) is 0 Å². The van der Waals surface area contributed by atoms with E-state index in [4.69, 9.17) is 4.74 Å². The average Bonchev–Trinajstić information content (AvgIpc) is 2.68. The summed E-state index contributed by atoms with van der Waals surface area (Å²) >= 11 is 0. The zero-order chi connectivity index (χ0) is 19.5. The normalized spacial score (nSPS) is 13.3. The van der Waals surface area contributed by atoms with Crippen LogP contribution in [0.5, 0.6) is 0 Å². The van der Waals surface area contributed by atoms with Crippen LogP contribution in [0.1, 0.15) is 41.3 Å². The van der Waals surface area contributed by atoms with E-state index in [1.54, 1.807) is 12.1 Å². The van der Waals surface area contributed by atoms with Crippen LogP contribution in [0.2, 0.25) is 0 Å². The van der Waals surface area contributed by atoms with Gasteiger partial charge >= 0.3 is 0 Å². The molecule has 2 aromatic rings. The van der Waals surface area contributed by atoms with Crippen molar-refractivity contribution in [1.82, 2.24) is 5.32 Å². The molecule has 0 amide bonds. The quantitative estimate of drug-likeness (QED) is 0.444. The fourth-order valence-corrected chi connectivity index (χ4v) is 2.93. The van der Waals surface area contributed by atoms with Crippen LogP contribution in [0.4, 0.5) is 0 Å². The Kier molecular flexibility index (Phi) is 9.19. The first-order valence-corrected chi connectivity index (χ1v) is 9.75. The maximum atomic E-state index is 12.9. The van der Waals surface area contributed by atoms with E-state index in [1.165, 1.54) is 0 Å². The third kappa shape index (κ3) is 7.63. The Morgan fingerprint density at radius 1 is 1.15 bits per heavy atom. The molecule has 2 N–H and O–H groups in total. The van der Waals surface area contributed by atoms with Crippen molar-refractivity contribution >= 4 is 5.78 Å². The molecule has 4 heteroatoms. The number of nitrogens with one attached hydrogen (secondary N) is 1. The summed E-state index contributed by atoms with van der Waals surface area (Å²) in [5.74, 6) is -0.0525. The topological polar surface area (TPSA) is 58.6 Å². The van der Waals surface area contributed by atoms with E-state index < -0.39 is 12.2 Å². The summed E-state index contributed by atoms with van der Waals surface area (Å²) in [5.41, 5.74) is 2.84. The second-order valence-corrected chi connectivity index (χ2v) is 6.96. The Hall–Kier alpha value is -2.01. The highest BCUT2D eigenvalue weighted by molar-refractivity contribution is 5.99. The van der Waals surface area contributed by atoms with Crippen LogP contribution in [-0.2, 0) is 11.2 Å². The van der Waals surface area contributed by atoms with Crippen molar-refractivity contribution in [3.63, 3.8) is 0 Å². The number of hydrogen-bond acceptors (Lipinski definition) is 4. The Labute approximate surface area is 162 Å². The Morgan fingerprint density at radius 3 is 2.63 bits per heavy atom. The van der Waals surface area contributed by atoms with Gasteiger partial charge in [0.05, 0.1) is 12.7 Å². The number of carbonyl (C=O) groups excluding carboxylic acids is 1. The summed E-state index contributed by atoms with van der Waals surface area (Å²) in [5, 5.41) is 13.4. The van der Waals surface area contributed by atoms with E-state index in [0.29, 0.717) is 18.5 Å². The predicted molar refractivity (Wildman–Crippen MR) is 109 cm³/mol. The summed E-state index contributed by atoms with van der Waals surface area (Å²) in [6.45, 7) is 5.64. The minimum atomic E-state index is -0.634. The first-order valence-electron chi connectivity index (χ1n) is 9.75. The number of unbranched alkanes of at least 4 members (excludes halogenated alkanes) is 1. The van der Waals surface area contributed by atoms with Gasteiger partial charge in [-0.2, -0.15) is 0 Å². The summed E-state index contributed by atoms with van der Waals surface area (Å²) in [7, 11) is 0. The maximum absolute atomic E-state index is 12.9. The molecule has 0 fully saturated rings. The highest BCUT2D eigenvalue weighted by atomic mass is 16.5. The average molecular weight is 370 g/mol. The van der Waals surface area contributed by atoms with Crippen molar-refractivity contribution in [1.29, 1.82) is 0 Å². The van der Waals surface area contributed by atoms with Gasteiger partial charge < -0.3 is 15.2 Å². The molecule has 2 atom stereocenters. The standard InChI is InChI=1S/C23H31NO3/c1-3-4-13-24-16-21(25)17-27-22(15-19-10-8-9-18(2)14-19)23(26)20-11-6-5-7-12-20/h5-12,14,21-22,24-25H,3-4,13,15-17H2,1-2H3. The third-order valence-electron chi connectivity index (χ3n) is 4.43. The van der Waals surface area contributed by atoms with Crippen LogP contribution in [0, 0.1) is 6.92 Å². The number of benzene rings is 2. The molecule has 0 aromatic heterocycles. The molecule has 0 spiro atoms. The summed E-state index contributed by atoms with van der Waals surface area (Å²) < 4.78 is 5.88. The van der Waals surface area contributed by atoms with Gasteiger partial charge in [0.1, 0.15) is 6.10 Å². The van der Waals surface area contributed by atoms with Gasteiger partial charge in [-0.25, -0.2) is 0 Å². The molecule has 146 valence electrons. The second-order valence-electron chi connectivity index (χ2n) is 6.96. The van der Waals surface area contributed by atoms with Crippen molar-refractivity contribution in [2.24, 2.45) is 0 Å². The molecule has 0 aliphatic heterocycles. The lowest BCUT2D eigenvalue weighted by Gasteiger charge is -2.20. The molecular weight excluding hydrogens is 338 g/mol. The zero-order valence-corrected chi connectivity index (χ0v) is 16.4. The van der Waals surface area contributed by atoms with Gasteiger partial charge in [0.2, 0.25) is 0 Å². The Morgan fingerprint density at radius 2 is 1.93 bits per heavy atom. The van der Waals surface area contributed by atoms with Gasteiger partial charge in [0, 0.05) is 18.5 Å². The molecule has 0 saturated carbocycles. The highest BCUT2D eigenvalue weighted by Crippen LogP contribution is 2.14. The lowest BCUT2D eigenvalue weighted by atomic mass is 9.99. The van der Waals surface area contributed by atoms with Crippen molar-refractivity contribution < 1.29 is 14.6 Å². The number of aliphatic hydroxyl groups is 1. The number of Topliss-reactive ketones (excluding diaryl/α,β-unsaturated/α-hetero) is 1. The largest absolute Gasteiger partial charge is 0.389 e. The smallest absolute Gasteiger partial charge is 0.191 e. The first-order chi connectivity index (χ1) is 13.1. The fraction of sp³-hybridized carbons (Fsp3) is 0.435. The molecule has 0 heterocycles. The molecule has 0 aliphatic rings. The van der Waals surface area contributed by atoms with Crippen LogP contribution in [0.3, 0.4) is 0 Å². The van der Waals surface area contributed by atoms with E-state index >= 15 is 0 Å². The fourth-order valence-electron chi connectivity index (χ4n) is 2.93. The number of ether oxygens (including phenoxy) is 1. The van der Waals surface area contributed by atoms with Crippen LogP contribution in [0.25, 0.3) is 0 Å². The van der Waals surface area contributed by atoms with Crippen molar-refractivity contribution in [3.05, 3.63) is 71.3 Å². The second kappa shape index (κ2) is 11.7. The molecule has 2 unspecified atom stereocenters. The number of aryl methyl sites for hydroxylation is 1. The van der Waals surface area contributed by atoms with Crippen molar-refractivity contribution in [2.75, 3.05) is 19.7 Å². The van der Waals surface area contributed by atoms with E-state index in [2.05, 4.69) is 18.3 Å². The Balaban J connectivity index is 2.00. The lowest BCUT2D eigenvalue weighted by molar-refractivity contribution is -0.00165. The minimum Gasteiger partial charge on any atom is -0.389 e. The van der Waals surface area contributed by atoms with Crippen LogP contribution in [-0.4, -0.2) is 42.8 Å². The van der Waals surface area contributed by atoms with E-state index in [0.717, 1.165) is 30.5 Å². The van der Waals surface area contributed by atoms with Gasteiger partial charge in [0.15, 0.2) is 5.78 Å². The number of carbonyl (C=O) groups is 1. The lowest BCUT2D eigenvalue weighted by Crippen LogP contribution is -2.35. The molecular formula is C23H31NO3. The van der Waals surface area contributed by atoms with Gasteiger partial charge in [-0.1, -0.05) is 73.5 Å². The van der Waals surface area contributed by atoms with E-state index in [9.17, 15) is 9.90 Å². The van der Waals surface area contributed by atoms with Crippen LogP contribution in [0.15, 0.2) is 54.6 Å². The summed E-state index contributed by atoms with van der Waals surface area (Å²) in [6.07, 6.45) is 1.44. The van der Waals surface area contributed by atoms with E-state index in [-0.39, 0.29) is 12.4 Å². The molecule has 0 radical (unpaired) electrons. The molecule has 2 rings (SSSR count). The van der Waals surface area contributed by atoms with Gasteiger partial charge in [0.25, 0.3) is 0 Å². The van der Waals surface area contributed by atoms with Crippen LogP contribution < -0.4 is 5.32 Å². The third-order valence-corrected chi connectivity index (χ3v) is 4.43. The molecule has 27 heavy (non-hydrogen) atoms. The number of aliphatic hydroxyl groups excluding tert-OH is 1. The van der Waals surface area contributed by atoms with Gasteiger partial charge in [-0.15, -0.1) is 0 Å². The monoisotopic (exact) mass is 369 g/mol. The predicted octanol–water partition coefficient (Wildman–Crippen LogP) is 3.56. The number of hydrogen-bond donors (Lipinski definition) is 2. The SMILES string of the molecule is CCCCNCC(O)COC(Cc1cccc(C)c1)C(=O)c1ccccc1. The molecule has 0 bridgehead atoms. The highest BCUT2D eigenvalue weighted by Gasteiger charge is 2.22. The van der Waals surface area contributed by atoms with Gasteiger partial charge in [-0.05, 0) is 25.5 Å². The van der Waals surface area contributed by atoms with Crippen LogP contribution >= 0.6 is 0 Å². The summed E-state index contributed by atoms with van der Waals surface area (Å²) in [4.78, 5) is 12.9. The molecule has 2 aromatic carbocycles.